The second-order valence-electron chi connectivity index (χ2n) is 5.71. The summed E-state index contributed by atoms with van der Waals surface area (Å²) in [6, 6.07) is 0.667. The lowest BCUT2D eigenvalue weighted by Crippen LogP contribution is -2.50. The van der Waals surface area contributed by atoms with Crippen molar-refractivity contribution in [3.8, 4) is 0 Å². The molecule has 2 rings (SSSR count). The van der Waals surface area contributed by atoms with Gasteiger partial charge in [-0.25, -0.2) is 10.1 Å². The smallest absolute Gasteiger partial charge is 0.0409 e. The first-order valence-electron chi connectivity index (χ1n) is 7.52. The highest BCUT2D eigenvalue weighted by Crippen LogP contribution is 2.31. The van der Waals surface area contributed by atoms with Crippen molar-refractivity contribution in [1.82, 2.24) is 15.6 Å². The van der Waals surface area contributed by atoms with Crippen LogP contribution in [0.2, 0.25) is 0 Å². The topological polar surface area (TPSA) is 18.5 Å². The van der Waals surface area contributed by atoms with E-state index in [1.54, 1.807) is 0 Å². The average molecular weight is 328 g/mol. The zero-order valence-corrected chi connectivity index (χ0v) is 13.7. The third-order valence-electron chi connectivity index (χ3n) is 4.36. The number of hydrazine groups is 2. The fourth-order valence-corrected chi connectivity index (χ4v) is 3.25. The molecule has 1 saturated carbocycles. The molecule has 108 valence electrons. The Kier molecular flexibility index (Phi) is 5.76. The predicted molar refractivity (Wildman–Crippen MR) is 84.2 cm³/mol. The van der Waals surface area contributed by atoms with Crippen LogP contribution >= 0.6 is 15.9 Å². The Morgan fingerprint density at radius 2 is 2.11 bits per heavy atom. The third-order valence-corrected chi connectivity index (χ3v) is 4.85. The van der Waals surface area contributed by atoms with Crippen LogP contribution in [-0.2, 0) is 0 Å². The van der Waals surface area contributed by atoms with Gasteiger partial charge in [-0.05, 0) is 53.6 Å². The maximum atomic E-state index is 3.46. The van der Waals surface area contributed by atoms with E-state index in [1.165, 1.54) is 44.9 Å². The van der Waals surface area contributed by atoms with Crippen LogP contribution in [0.15, 0.2) is 23.0 Å². The summed E-state index contributed by atoms with van der Waals surface area (Å²) in [6.07, 6.45) is 15.7. The van der Waals surface area contributed by atoms with Crippen molar-refractivity contribution in [3.05, 3.63) is 23.0 Å². The minimum atomic E-state index is 0.667. The molecule has 1 aliphatic heterocycles. The van der Waals surface area contributed by atoms with Gasteiger partial charge in [-0.2, -0.15) is 0 Å². The van der Waals surface area contributed by atoms with Crippen molar-refractivity contribution in [3.63, 3.8) is 0 Å². The van der Waals surface area contributed by atoms with Crippen molar-refractivity contribution < 1.29 is 0 Å². The Labute approximate surface area is 125 Å². The molecule has 0 radical (unpaired) electrons. The molecule has 0 spiro atoms. The van der Waals surface area contributed by atoms with Gasteiger partial charge in [0.1, 0.15) is 0 Å². The first kappa shape index (κ1) is 14.9. The molecule has 0 aromatic carbocycles. The summed E-state index contributed by atoms with van der Waals surface area (Å²) < 4.78 is 1.08. The first-order valence-corrected chi connectivity index (χ1v) is 8.32. The van der Waals surface area contributed by atoms with E-state index in [0.29, 0.717) is 6.04 Å². The number of hydrogen-bond donors (Lipinski definition) is 1. The van der Waals surface area contributed by atoms with E-state index in [2.05, 4.69) is 57.7 Å². The van der Waals surface area contributed by atoms with E-state index in [9.17, 15) is 0 Å². The lowest BCUT2D eigenvalue weighted by Gasteiger charge is -2.40. The van der Waals surface area contributed by atoms with E-state index in [4.69, 9.17) is 0 Å². The molecule has 1 fully saturated rings. The largest absolute Gasteiger partial charge is 0.290 e. The maximum absolute atomic E-state index is 3.46. The lowest BCUT2D eigenvalue weighted by atomic mass is 9.83. The van der Waals surface area contributed by atoms with Gasteiger partial charge in [0.2, 0.25) is 0 Å². The van der Waals surface area contributed by atoms with Gasteiger partial charge in [-0.3, -0.25) is 5.43 Å². The van der Waals surface area contributed by atoms with Crippen LogP contribution in [0.1, 0.15) is 51.9 Å². The molecule has 0 unspecified atom stereocenters. The normalized spacial score (nSPS) is 27.4. The molecule has 0 aromatic rings. The van der Waals surface area contributed by atoms with Crippen molar-refractivity contribution in [2.45, 2.75) is 57.9 Å². The number of nitrogens with one attached hydrogen (secondary N) is 1. The van der Waals surface area contributed by atoms with Crippen molar-refractivity contribution >= 4 is 15.9 Å². The van der Waals surface area contributed by atoms with E-state index in [0.717, 1.165) is 10.4 Å². The molecular formula is C15H26BrN3. The molecule has 0 atom stereocenters. The van der Waals surface area contributed by atoms with Gasteiger partial charge in [0.05, 0.1) is 0 Å². The van der Waals surface area contributed by atoms with Crippen molar-refractivity contribution in [2.24, 2.45) is 5.92 Å². The number of allylic oxidation sites excluding steroid dienone is 2. The standard InChI is InChI=1S/C15H26BrN3/c1-3-4-5-13-6-8-15(9-7-13)18(2)19-11-10-14(16)12-17-19/h10-13,15,17H,3-9H2,1-2H3. The van der Waals surface area contributed by atoms with E-state index in [-0.39, 0.29) is 0 Å². The molecule has 0 amide bonds. The number of unbranched alkanes of at least 4 members (excludes halogenated alkanes) is 1. The number of halogens is 1. The third kappa shape index (κ3) is 4.25. The van der Waals surface area contributed by atoms with Crippen LogP contribution in [0.25, 0.3) is 0 Å². The summed E-state index contributed by atoms with van der Waals surface area (Å²) in [4.78, 5) is 0. The number of nitrogens with zero attached hydrogens (tertiary/aromatic N) is 2. The molecule has 4 heteroatoms. The van der Waals surface area contributed by atoms with Gasteiger partial charge in [0, 0.05) is 30.0 Å². The molecule has 2 aliphatic rings. The van der Waals surface area contributed by atoms with Gasteiger partial charge in [-0.1, -0.05) is 26.2 Å². The van der Waals surface area contributed by atoms with Gasteiger partial charge in [-0.15, -0.1) is 0 Å². The van der Waals surface area contributed by atoms with Crippen LogP contribution < -0.4 is 5.43 Å². The maximum Gasteiger partial charge on any atom is 0.0409 e. The minimum Gasteiger partial charge on any atom is -0.290 e. The van der Waals surface area contributed by atoms with E-state index in [1.807, 2.05) is 6.20 Å². The van der Waals surface area contributed by atoms with E-state index >= 15 is 0 Å². The summed E-state index contributed by atoms with van der Waals surface area (Å²) in [5.74, 6) is 0.975. The van der Waals surface area contributed by atoms with Crippen LogP contribution in [0, 0.1) is 5.92 Å². The molecule has 19 heavy (non-hydrogen) atoms. The average Bonchev–Trinajstić information content (AvgIpc) is 2.46. The molecule has 0 saturated heterocycles. The fourth-order valence-electron chi connectivity index (χ4n) is 3.03. The SMILES string of the molecule is CCCCC1CCC(N(C)N2C=CC(Br)=CN2)CC1. The number of rotatable bonds is 5. The summed E-state index contributed by atoms with van der Waals surface area (Å²) in [7, 11) is 2.18. The highest BCUT2D eigenvalue weighted by atomic mass is 79.9. The van der Waals surface area contributed by atoms with Crippen molar-refractivity contribution in [2.75, 3.05) is 7.05 Å². The molecule has 0 bridgehead atoms. The molecule has 0 aromatic heterocycles. The van der Waals surface area contributed by atoms with Crippen molar-refractivity contribution in [1.29, 1.82) is 0 Å². The predicted octanol–water partition coefficient (Wildman–Crippen LogP) is 4.15. The zero-order valence-electron chi connectivity index (χ0n) is 12.1. The summed E-state index contributed by atoms with van der Waals surface area (Å²) in [5.41, 5.74) is 3.27. The van der Waals surface area contributed by atoms with Crippen LogP contribution in [0.4, 0.5) is 0 Å². The lowest BCUT2D eigenvalue weighted by molar-refractivity contribution is -0.0409. The van der Waals surface area contributed by atoms with E-state index < -0.39 is 0 Å². The minimum absolute atomic E-state index is 0.667. The van der Waals surface area contributed by atoms with Crippen LogP contribution in [-0.4, -0.2) is 23.2 Å². The summed E-state index contributed by atoms with van der Waals surface area (Å²) in [5, 5.41) is 4.42. The fraction of sp³-hybridized carbons (Fsp3) is 0.733. The monoisotopic (exact) mass is 327 g/mol. The zero-order chi connectivity index (χ0) is 13.7. The van der Waals surface area contributed by atoms with Gasteiger partial charge < -0.3 is 0 Å². The van der Waals surface area contributed by atoms with Crippen LogP contribution in [0.5, 0.6) is 0 Å². The highest BCUT2D eigenvalue weighted by molar-refractivity contribution is 9.11. The molecule has 3 nitrogen and oxygen atoms in total. The van der Waals surface area contributed by atoms with Gasteiger partial charge >= 0.3 is 0 Å². The Morgan fingerprint density at radius 1 is 1.37 bits per heavy atom. The Balaban J connectivity index is 1.76. The summed E-state index contributed by atoms with van der Waals surface area (Å²) in [6.45, 7) is 2.29. The summed E-state index contributed by atoms with van der Waals surface area (Å²) >= 11 is 3.46. The molecule has 1 N–H and O–H groups in total. The number of hydrogen-bond acceptors (Lipinski definition) is 3. The second-order valence-corrected chi connectivity index (χ2v) is 6.62. The molecular weight excluding hydrogens is 302 g/mol. The highest BCUT2D eigenvalue weighted by Gasteiger charge is 2.26. The quantitative estimate of drug-likeness (QED) is 0.818. The Bertz CT molecular complexity index is 332. The molecule has 1 aliphatic carbocycles. The van der Waals surface area contributed by atoms with Gasteiger partial charge in [0.25, 0.3) is 0 Å². The molecule has 1 heterocycles. The Hall–Kier alpha value is -0.480. The first-order chi connectivity index (χ1) is 9.20. The Morgan fingerprint density at radius 3 is 2.68 bits per heavy atom. The van der Waals surface area contributed by atoms with Crippen LogP contribution in [0.3, 0.4) is 0 Å². The van der Waals surface area contributed by atoms with Gasteiger partial charge in [0.15, 0.2) is 0 Å². The second kappa shape index (κ2) is 7.34.